The highest BCUT2D eigenvalue weighted by atomic mass is 32.2. The van der Waals surface area contributed by atoms with Crippen LogP contribution in [0.15, 0.2) is 59.6 Å². The predicted octanol–water partition coefficient (Wildman–Crippen LogP) is 2.25. The second-order valence-electron chi connectivity index (χ2n) is 5.96. The quantitative estimate of drug-likeness (QED) is 0.514. The Labute approximate surface area is 151 Å². The number of aryl methyl sites for hydroxylation is 1. The summed E-state index contributed by atoms with van der Waals surface area (Å²) in [7, 11) is -3.52. The molecule has 0 fully saturated rings. The maximum atomic E-state index is 12.3. The largest absolute Gasteiger partial charge is 0.360 e. The van der Waals surface area contributed by atoms with Crippen LogP contribution < -0.4 is 5.32 Å². The average molecular weight is 370 g/mol. The van der Waals surface area contributed by atoms with Crippen LogP contribution in [-0.2, 0) is 14.6 Å². The summed E-state index contributed by atoms with van der Waals surface area (Å²) < 4.78 is 24.5. The van der Waals surface area contributed by atoms with Gasteiger partial charge in [0.25, 0.3) is 11.7 Å². The lowest BCUT2D eigenvalue weighted by Crippen LogP contribution is -2.34. The molecule has 134 valence electrons. The number of para-hydroxylation sites is 1. The standard InChI is InChI=1S/C19H18N2O4S/c1-13-6-8-14(9-7-13)26(24,25)11-10-20-19(23)18(22)16-12-21-17-5-3-2-4-15(16)17/h2-9,12,21H,10-11H2,1H3,(H,20,23). The molecule has 7 heteroatoms. The van der Waals surface area contributed by atoms with Gasteiger partial charge in [-0.15, -0.1) is 0 Å². The van der Waals surface area contributed by atoms with Gasteiger partial charge in [0, 0.05) is 23.6 Å². The van der Waals surface area contributed by atoms with Crippen LogP contribution >= 0.6 is 0 Å². The number of aromatic nitrogens is 1. The molecule has 0 unspecified atom stereocenters. The van der Waals surface area contributed by atoms with E-state index in [1.54, 1.807) is 30.3 Å². The van der Waals surface area contributed by atoms with Crippen molar-refractivity contribution in [1.29, 1.82) is 0 Å². The van der Waals surface area contributed by atoms with E-state index < -0.39 is 21.5 Å². The summed E-state index contributed by atoms with van der Waals surface area (Å²) in [6, 6.07) is 13.6. The molecule has 0 saturated heterocycles. The van der Waals surface area contributed by atoms with Gasteiger partial charge in [-0.2, -0.15) is 0 Å². The Morgan fingerprint density at radius 3 is 2.46 bits per heavy atom. The molecular weight excluding hydrogens is 352 g/mol. The number of H-pyrrole nitrogens is 1. The van der Waals surface area contributed by atoms with Gasteiger partial charge >= 0.3 is 0 Å². The summed E-state index contributed by atoms with van der Waals surface area (Å²) in [6.45, 7) is 1.73. The molecule has 0 saturated carbocycles. The third-order valence-corrected chi connectivity index (χ3v) is 5.81. The first-order valence-electron chi connectivity index (χ1n) is 8.06. The zero-order valence-electron chi connectivity index (χ0n) is 14.2. The van der Waals surface area contributed by atoms with Crippen molar-refractivity contribution in [2.75, 3.05) is 12.3 Å². The second kappa shape index (κ2) is 7.13. The maximum Gasteiger partial charge on any atom is 0.292 e. The minimum absolute atomic E-state index is 0.136. The van der Waals surface area contributed by atoms with Crippen LogP contribution in [0.5, 0.6) is 0 Å². The number of amides is 1. The van der Waals surface area contributed by atoms with E-state index >= 15 is 0 Å². The van der Waals surface area contributed by atoms with Crippen LogP contribution in [0.25, 0.3) is 10.9 Å². The smallest absolute Gasteiger partial charge is 0.292 e. The molecule has 26 heavy (non-hydrogen) atoms. The summed E-state index contributed by atoms with van der Waals surface area (Å²) >= 11 is 0. The number of Topliss-reactive ketones (excluding diaryl/α,β-unsaturated/α-hetero) is 1. The molecule has 1 heterocycles. The Hall–Kier alpha value is -2.93. The molecule has 3 aromatic rings. The molecular formula is C19H18N2O4S. The van der Waals surface area contributed by atoms with E-state index in [2.05, 4.69) is 10.3 Å². The van der Waals surface area contributed by atoms with E-state index in [9.17, 15) is 18.0 Å². The number of carbonyl (C=O) groups is 2. The molecule has 6 nitrogen and oxygen atoms in total. The van der Waals surface area contributed by atoms with Gasteiger partial charge in [0.1, 0.15) is 0 Å². The molecule has 0 radical (unpaired) electrons. The molecule has 2 N–H and O–H groups in total. The van der Waals surface area contributed by atoms with Crippen molar-refractivity contribution in [3.63, 3.8) is 0 Å². The topological polar surface area (TPSA) is 96.1 Å². The monoisotopic (exact) mass is 370 g/mol. The van der Waals surface area contributed by atoms with E-state index in [0.717, 1.165) is 11.1 Å². The fourth-order valence-electron chi connectivity index (χ4n) is 2.62. The molecule has 0 aliphatic carbocycles. The van der Waals surface area contributed by atoms with Crippen molar-refractivity contribution in [3.8, 4) is 0 Å². The van der Waals surface area contributed by atoms with Gasteiger partial charge in [-0.1, -0.05) is 35.9 Å². The molecule has 0 atom stereocenters. The Morgan fingerprint density at radius 1 is 1.04 bits per heavy atom. The summed E-state index contributed by atoms with van der Waals surface area (Å²) in [6.07, 6.45) is 1.48. The number of ketones is 1. The van der Waals surface area contributed by atoms with Crippen molar-refractivity contribution in [1.82, 2.24) is 10.3 Å². The van der Waals surface area contributed by atoms with Crippen LogP contribution in [-0.4, -0.2) is 37.4 Å². The number of aromatic amines is 1. The summed E-state index contributed by atoms with van der Waals surface area (Å²) in [5.41, 5.74) is 1.98. The number of nitrogens with one attached hydrogen (secondary N) is 2. The molecule has 0 spiro atoms. The molecule has 2 aromatic carbocycles. The van der Waals surface area contributed by atoms with Crippen LogP contribution in [0.4, 0.5) is 0 Å². The first-order chi connectivity index (χ1) is 12.4. The first kappa shape index (κ1) is 17.9. The van der Waals surface area contributed by atoms with Crippen molar-refractivity contribution >= 4 is 32.4 Å². The van der Waals surface area contributed by atoms with Gasteiger partial charge in [0.05, 0.1) is 16.2 Å². The Kier molecular flexibility index (Phi) is 4.90. The van der Waals surface area contributed by atoms with Crippen molar-refractivity contribution in [2.24, 2.45) is 0 Å². The van der Waals surface area contributed by atoms with Gasteiger partial charge in [-0.05, 0) is 25.1 Å². The average Bonchev–Trinajstić information content (AvgIpc) is 3.05. The predicted molar refractivity (Wildman–Crippen MR) is 98.9 cm³/mol. The molecule has 3 rings (SSSR count). The first-order valence-corrected chi connectivity index (χ1v) is 9.72. The zero-order valence-corrected chi connectivity index (χ0v) is 15.0. The van der Waals surface area contributed by atoms with Gasteiger partial charge in [0.15, 0.2) is 9.84 Å². The number of sulfone groups is 1. The van der Waals surface area contributed by atoms with Crippen molar-refractivity contribution in [3.05, 3.63) is 65.9 Å². The van der Waals surface area contributed by atoms with Crippen LogP contribution in [0.3, 0.4) is 0 Å². The fraction of sp³-hybridized carbons (Fsp3) is 0.158. The Morgan fingerprint density at radius 2 is 1.73 bits per heavy atom. The highest BCUT2D eigenvalue weighted by Gasteiger charge is 2.21. The van der Waals surface area contributed by atoms with Gasteiger partial charge in [0.2, 0.25) is 0 Å². The fourth-order valence-corrected chi connectivity index (χ4v) is 3.78. The number of carbonyl (C=O) groups excluding carboxylic acids is 2. The van der Waals surface area contributed by atoms with Crippen molar-refractivity contribution < 1.29 is 18.0 Å². The van der Waals surface area contributed by atoms with Crippen molar-refractivity contribution in [2.45, 2.75) is 11.8 Å². The molecule has 0 aliphatic rings. The second-order valence-corrected chi connectivity index (χ2v) is 8.07. The van der Waals surface area contributed by atoms with E-state index in [0.29, 0.717) is 5.39 Å². The molecule has 0 aliphatic heterocycles. The maximum absolute atomic E-state index is 12.3. The van der Waals surface area contributed by atoms with Crippen LogP contribution in [0.2, 0.25) is 0 Å². The minimum atomic E-state index is -3.52. The lowest BCUT2D eigenvalue weighted by molar-refractivity contribution is -0.116. The van der Waals surface area contributed by atoms with E-state index in [4.69, 9.17) is 0 Å². The lowest BCUT2D eigenvalue weighted by Gasteiger charge is -2.06. The summed E-state index contributed by atoms with van der Waals surface area (Å²) in [5.74, 6) is -1.80. The molecule has 1 amide bonds. The van der Waals surface area contributed by atoms with E-state index in [1.807, 2.05) is 13.0 Å². The summed E-state index contributed by atoms with van der Waals surface area (Å²) in [4.78, 5) is 27.5. The SMILES string of the molecule is Cc1ccc(S(=O)(=O)CCNC(=O)C(=O)c2c[nH]c3ccccc23)cc1. The summed E-state index contributed by atoms with van der Waals surface area (Å²) in [5, 5.41) is 3.04. The van der Waals surface area contributed by atoms with E-state index in [1.165, 1.54) is 18.3 Å². The van der Waals surface area contributed by atoms with Crippen LogP contribution in [0.1, 0.15) is 15.9 Å². The molecule has 1 aromatic heterocycles. The Bertz CT molecular complexity index is 1070. The zero-order chi connectivity index (χ0) is 18.7. The number of benzene rings is 2. The normalized spacial score (nSPS) is 11.4. The van der Waals surface area contributed by atoms with Gasteiger partial charge < -0.3 is 10.3 Å². The van der Waals surface area contributed by atoms with E-state index in [-0.39, 0.29) is 22.8 Å². The third kappa shape index (κ3) is 3.67. The number of fused-ring (bicyclic) bond motifs is 1. The number of hydrogen-bond donors (Lipinski definition) is 2. The Balaban J connectivity index is 1.63. The third-order valence-electron chi connectivity index (χ3n) is 4.08. The number of hydrogen-bond acceptors (Lipinski definition) is 4. The minimum Gasteiger partial charge on any atom is -0.360 e. The van der Waals surface area contributed by atoms with Gasteiger partial charge in [-0.25, -0.2) is 8.42 Å². The molecule has 0 bridgehead atoms. The highest BCUT2D eigenvalue weighted by Crippen LogP contribution is 2.18. The van der Waals surface area contributed by atoms with Crippen LogP contribution in [0, 0.1) is 6.92 Å². The van der Waals surface area contributed by atoms with Gasteiger partial charge in [-0.3, -0.25) is 9.59 Å². The lowest BCUT2D eigenvalue weighted by atomic mass is 10.1. The highest BCUT2D eigenvalue weighted by molar-refractivity contribution is 7.91. The number of rotatable bonds is 6.